The summed E-state index contributed by atoms with van der Waals surface area (Å²) < 4.78 is 18.0. The fraction of sp³-hybridized carbons (Fsp3) is 0.294. The first kappa shape index (κ1) is 15.6. The van der Waals surface area contributed by atoms with E-state index in [0.29, 0.717) is 22.1 Å². The van der Waals surface area contributed by atoms with Crippen LogP contribution in [-0.4, -0.2) is 11.3 Å². The molecule has 0 fully saturated rings. The van der Waals surface area contributed by atoms with Gasteiger partial charge in [-0.2, -0.15) is 0 Å². The molecule has 112 valence electrons. The Morgan fingerprint density at radius 3 is 2.29 bits per heavy atom. The van der Waals surface area contributed by atoms with Crippen molar-refractivity contribution in [2.24, 2.45) is 0 Å². The summed E-state index contributed by atoms with van der Waals surface area (Å²) in [6.45, 7) is 6.20. The van der Waals surface area contributed by atoms with E-state index < -0.39 is 10.8 Å². The average molecular weight is 303 g/mol. The van der Waals surface area contributed by atoms with Gasteiger partial charge in [0.1, 0.15) is 5.75 Å². The lowest BCUT2D eigenvalue weighted by Crippen LogP contribution is -2.03. The van der Waals surface area contributed by atoms with Crippen molar-refractivity contribution >= 4 is 16.5 Å². The fourth-order valence-electron chi connectivity index (χ4n) is 2.52. The van der Waals surface area contributed by atoms with Gasteiger partial charge in [0.15, 0.2) is 0 Å². The topological polar surface area (TPSA) is 52.3 Å². The van der Waals surface area contributed by atoms with E-state index in [0.717, 1.165) is 5.56 Å². The highest BCUT2D eigenvalue weighted by Gasteiger charge is 2.14. The van der Waals surface area contributed by atoms with E-state index in [1.54, 1.807) is 25.3 Å². The molecule has 0 amide bonds. The highest BCUT2D eigenvalue weighted by Crippen LogP contribution is 2.28. The minimum atomic E-state index is -1.16. The second kappa shape index (κ2) is 6.31. The molecule has 3 nitrogen and oxygen atoms in total. The Morgan fingerprint density at radius 1 is 1.10 bits per heavy atom. The molecule has 0 heterocycles. The third-order valence-corrected chi connectivity index (χ3v) is 4.93. The molecule has 1 atom stereocenters. The molecule has 0 aliphatic rings. The van der Waals surface area contributed by atoms with Crippen LogP contribution in [0.15, 0.2) is 35.2 Å². The Morgan fingerprint density at radius 2 is 1.71 bits per heavy atom. The predicted molar refractivity (Wildman–Crippen MR) is 88.2 cm³/mol. The van der Waals surface area contributed by atoms with E-state index in [9.17, 15) is 4.21 Å². The summed E-state index contributed by atoms with van der Waals surface area (Å²) in [5.74, 6) is 1.06. The number of methoxy groups -OCH3 is 1. The lowest BCUT2D eigenvalue weighted by molar-refractivity contribution is 0.404. The molecule has 0 saturated carbocycles. The molecule has 0 saturated heterocycles. The number of benzene rings is 2. The average Bonchev–Trinajstić information content (AvgIpc) is 2.42. The normalized spacial score (nSPS) is 12.2. The van der Waals surface area contributed by atoms with Crippen LogP contribution in [0, 0.1) is 20.8 Å². The lowest BCUT2D eigenvalue weighted by Gasteiger charge is -2.13. The summed E-state index contributed by atoms with van der Waals surface area (Å²) in [6.07, 6.45) is 0. The van der Waals surface area contributed by atoms with Gasteiger partial charge in [0.05, 0.1) is 28.6 Å². The van der Waals surface area contributed by atoms with Gasteiger partial charge in [-0.25, -0.2) is 0 Å². The highest BCUT2D eigenvalue weighted by atomic mass is 32.2. The summed E-state index contributed by atoms with van der Waals surface area (Å²) >= 11 is 0. The van der Waals surface area contributed by atoms with E-state index in [-0.39, 0.29) is 0 Å². The molecule has 0 aliphatic carbocycles. The molecule has 2 aromatic carbocycles. The van der Waals surface area contributed by atoms with Crippen molar-refractivity contribution in [1.82, 2.24) is 0 Å². The van der Waals surface area contributed by atoms with Gasteiger partial charge in [-0.3, -0.25) is 4.21 Å². The van der Waals surface area contributed by atoms with Crippen molar-refractivity contribution < 1.29 is 8.95 Å². The predicted octanol–water partition coefficient (Wildman–Crippen LogP) is 3.51. The quantitative estimate of drug-likeness (QED) is 0.879. The van der Waals surface area contributed by atoms with E-state index in [1.165, 1.54) is 16.7 Å². The highest BCUT2D eigenvalue weighted by molar-refractivity contribution is 7.84. The van der Waals surface area contributed by atoms with Crippen molar-refractivity contribution in [2.45, 2.75) is 31.4 Å². The third-order valence-electron chi connectivity index (χ3n) is 3.55. The Kier molecular flexibility index (Phi) is 4.68. The summed E-state index contributed by atoms with van der Waals surface area (Å²) in [5, 5.41) is 0. The van der Waals surface area contributed by atoms with Crippen LogP contribution in [0.2, 0.25) is 0 Å². The second-order valence-corrected chi connectivity index (χ2v) is 6.70. The Labute approximate surface area is 128 Å². The van der Waals surface area contributed by atoms with Gasteiger partial charge in [-0.15, -0.1) is 0 Å². The van der Waals surface area contributed by atoms with Crippen molar-refractivity contribution in [3.8, 4) is 5.75 Å². The standard InChI is InChI=1S/C17H21NO2S/c1-11-7-12(2)15(13(3)8-11)10-21(19)17-6-5-14(18)9-16(17)20-4/h5-9H,10,18H2,1-4H3. The second-order valence-electron chi connectivity index (χ2n) is 5.28. The molecule has 21 heavy (non-hydrogen) atoms. The van der Waals surface area contributed by atoms with E-state index in [4.69, 9.17) is 10.5 Å². The number of ether oxygens (including phenoxy) is 1. The lowest BCUT2D eigenvalue weighted by atomic mass is 10.0. The van der Waals surface area contributed by atoms with Gasteiger partial charge in [-0.1, -0.05) is 17.7 Å². The fourth-order valence-corrected chi connectivity index (χ4v) is 3.98. The third kappa shape index (κ3) is 3.45. The van der Waals surface area contributed by atoms with Crippen LogP contribution in [-0.2, 0) is 16.6 Å². The molecule has 2 N–H and O–H groups in total. The van der Waals surface area contributed by atoms with Gasteiger partial charge in [0.2, 0.25) is 0 Å². The zero-order valence-electron chi connectivity index (χ0n) is 12.9. The minimum Gasteiger partial charge on any atom is -0.495 e. The minimum absolute atomic E-state index is 0.484. The molecule has 0 spiro atoms. The largest absolute Gasteiger partial charge is 0.495 e. The van der Waals surface area contributed by atoms with Crippen LogP contribution < -0.4 is 10.5 Å². The van der Waals surface area contributed by atoms with Gasteiger partial charge < -0.3 is 10.5 Å². The SMILES string of the molecule is COc1cc(N)ccc1S(=O)Cc1c(C)cc(C)cc1C. The maximum Gasteiger partial charge on any atom is 0.137 e. The maximum atomic E-state index is 12.7. The number of hydrogen-bond acceptors (Lipinski definition) is 3. The smallest absolute Gasteiger partial charge is 0.137 e. The zero-order chi connectivity index (χ0) is 15.6. The van der Waals surface area contributed by atoms with Crippen LogP contribution >= 0.6 is 0 Å². The first-order chi connectivity index (χ1) is 9.92. The van der Waals surface area contributed by atoms with Crippen LogP contribution in [0.5, 0.6) is 5.75 Å². The molecule has 0 bridgehead atoms. The number of nitrogen functional groups attached to an aromatic ring is 1. The Hall–Kier alpha value is -1.81. The van der Waals surface area contributed by atoms with Gasteiger partial charge >= 0.3 is 0 Å². The number of rotatable bonds is 4. The van der Waals surface area contributed by atoms with Crippen molar-refractivity contribution in [3.05, 3.63) is 52.6 Å². The van der Waals surface area contributed by atoms with Crippen LogP contribution in [0.4, 0.5) is 5.69 Å². The van der Waals surface area contributed by atoms with Crippen LogP contribution in [0.25, 0.3) is 0 Å². The van der Waals surface area contributed by atoms with Gasteiger partial charge in [0, 0.05) is 11.8 Å². The molecule has 2 rings (SSSR count). The molecule has 1 unspecified atom stereocenters. The molecular weight excluding hydrogens is 282 g/mol. The van der Waals surface area contributed by atoms with E-state index in [1.807, 2.05) is 0 Å². The Balaban J connectivity index is 2.35. The van der Waals surface area contributed by atoms with E-state index in [2.05, 4.69) is 32.9 Å². The number of hydrogen-bond donors (Lipinski definition) is 1. The van der Waals surface area contributed by atoms with Crippen molar-refractivity contribution in [3.63, 3.8) is 0 Å². The van der Waals surface area contributed by atoms with Crippen LogP contribution in [0.1, 0.15) is 22.3 Å². The summed E-state index contributed by atoms with van der Waals surface area (Å²) in [5.41, 5.74) is 11.1. The van der Waals surface area contributed by atoms with E-state index >= 15 is 0 Å². The Bertz CT molecular complexity index is 672. The first-order valence-electron chi connectivity index (χ1n) is 6.81. The van der Waals surface area contributed by atoms with Crippen LogP contribution in [0.3, 0.4) is 0 Å². The first-order valence-corrected chi connectivity index (χ1v) is 8.13. The summed E-state index contributed by atoms with van der Waals surface area (Å²) in [4.78, 5) is 0.686. The maximum absolute atomic E-state index is 12.7. The summed E-state index contributed by atoms with van der Waals surface area (Å²) in [6, 6.07) is 9.50. The van der Waals surface area contributed by atoms with Gasteiger partial charge in [0.25, 0.3) is 0 Å². The van der Waals surface area contributed by atoms with Crippen molar-refractivity contribution in [2.75, 3.05) is 12.8 Å². The monoisotopic (exact) mass is 303 g/mol. The molecule has 4 heteroatoms. The molecule has 0 radical (unpaired) electrons. The van der Waals surface area contributed by atoms with Crippen molar-refractivity contribution in [1.29, 1.82) is 0 Å². The van der Waals surface area contributed by atoms with Gasteiger partial charge in [-0.05, 0) is 49.6 Å². The molecular formula is C17H21NO2S. The zero-order valence-corrected chi connectivity index (χ0v) is 13.7. The summed E-state index contributed by atoms with van der Waals surface area (Å²) in [7, 11) is 0.405. The molecule has 0 aromatic heterocycles. The number of anilines is 1. The molecule has 0 aliphatic heterocycles. The molecule has 2 aromatic rings. The number of nitrogens with two attached hydrogens (primary N) is 1. The number of aryl methyl sites for hydroxylation is 3.